The molecule has 0 fully saturated rings. The lowest BCUT2D eigenvalue weighted by Crippen LogP contribution is -2.34. The molecule has 24 heavy (non-hydrogen) atoms. The van der Waals surface area contributed by atoms with Crippen molar-refractivity contribution < 1.29 is 19.1 Å². The van der Waals surface area contributed by atoms with Gasteiger partial charge in [0, 0.05) is 17.3 Å². The molecule has 1 unspecified atom stereocenters. The second-order valence-corrected chi connectivity index (χ2v) is 6.01. The molecule has 0 aliphatic carbocycles. The molecule has 0 saturated heterocycles. The average molecular weight is 370 g/mol. The van der Waals surface area contributed by atoms with Crippen molar-refractivity contribution in [1.29, 1.82) is 0 Å². The number of allylic oxidation sites excluding steroid dienone is 3. The van der Waals surface area contributed by atoms with E-state index in [4.69, 9.17) is 32.7 Å². The summed E-state index contributed by atoms with van der Waals surface area (Å²) in [5.41, 5.74) is 2.01. The van der Waals surface area contributed by atoms with Gasteiger partial charge in [-0.25, -0.2) is 9.59 Å². The number of esters is 1. The van der Waals surface area contributed by atoms with Gasteiger partial charge in [0.05, 0.1) is 29.8 Å². The maximum Gasteiger partial charge on any atom is 0.418 e. The van der Waals surface area contributed by atoms with Crippen LogP contribution in [0.3, 0.4) is 0 Å². The summed E-state index contributed by atoms with van der Waals surface area (Å²) in [6, 6.07) is 5.21. The summed E-state index contributed by atoms with van der Waals surface area (Å²) in [7, 11) is 2.56. The Bertz CT molecular complexity index is 755. The first-order valence-electron chi connectivity index (χ1n) is 7.13. The number of methoxy groups -OCH3 is 2. The molecule has 0 bridgehead atoms. The maximum atomic E-state index is 12.4. The first-order chi connectivity index (χ1) is 11.3. The van der Waals surface area contributed by atoms with Crippen molar-refractivity contribution in [3.05, 3.63) is 56.9 Å². The number of carbonyl (C=O) groups excluding carboxylic acids is 2. The Morgan fingerprint density at radius 3 is 2.38 bits per heavy atom. The Labute approximate surface area is 150 Å². The maximum absolute atomic E-state index is 12.4. The van der Waals surface area contributed by atoms with Crippen LogP contribution in [0.15, 0.2) is 41.2 Å². The molecule has 0 N–H and O–H groups in total. The zero-order valence-electron chi connectivity index (χ0n) is 13.7. The van der Waals surface area contributed by atoms with Crippen LogP contribution in [0.4, 0.5) is 4.79 Å². The fourth-order valence-corrected chi connectivity index (χ4v) is 3.20. The van der Waals surface area contributed by atoms with Gasteiger partial charge in [-0.1, -0.05) is 41.4 Å². The molecule has 1 aromatic carbocycles. The largest absolute Gasteiger partial charge is 0.466 e. The van der Waals surface area contributed by atoms with E-state index in [2.05, 4.69) is 0 Å². The Balaban J connectivity index is 2.67. The highest BCUT2D eigenvalue weighted by atomic mass is 35.5. The van der Waals surface area contributed by atoms with Gasteiger partial charge in [-0.2, -0.15) is 0 Å². The van der Waals surface area contributed by atoms with Gasteiger partial charge in [0.15, 0.2) is 0 Å². The lowest BCUT2D eigenvalue weighted by Gasteiger charge is -2.32. The highest BCUT2D eigenvalue weighted by molar-refractivity contribution is 6.42. The zero-order chi connectivity index (χ0) is 18.0. The minimum Gasteiger partial charge on any atom is -0.466 e. The quantitative estimate of drug-likeness (QED) is 0.719. The summed E-state index contributed by atoms with van der Waals surface area (Å²) >= 11 is 12.4. The highest BCUT2D eigenvalue weighted by Gasteiger charge is 2.35. The van der Waals surface area contributed by atoms with Gasteiger partial charge in [0.1, 0.15) is 0 Å². The first kappa shape index (κ1) is 18.4. The number of carbonyl (C=O) groups is 2. The number of amides is 1. The van der Waals surface area contributed by atoms with Crippen LogP contribution in [0.1, 0.15) is 25.3 Å². The molecule has 0 aromatic heterocycles. The predicted molar refractivity (Wildman–Crippen MR) is 91.9 cm³/mol. The van der Waals surface area contributed by atoms with Gasteiger partial charge in [0.25, 0.3) is 0 Å². The molecule has 1 atom stereocenters. The number of halogens is 2. The summed E-state index contributed by atoms with van der Waals surface area (Å²) in [6.07, 6.45) is 1.17. The molecule has 1 amide bonds. The lowest BCUT2D eigenvalue weighted by atomic mass is 9.86. The number of benzene rings is 1. The number of hydrogen-bond acceptors (Lipinski definition) is 4. The molecular weight excluding hydrogens is 353 g/mol. The molecule has 1 aliphatic rings. The van der Waals surface area contributed by atoms with Crippen LogP contribution < -0.4 is 0 Å². The molecule has 2 rings (SSSR count). The Hall–Kier alpha value is -1.98. The van der Waals surface area contributed by atoms with E-state index in [9.17, 15) is 9.59 Å². The summed E-state index contributed by atoms with van der Waals surface area (Å²) in [4.78, 5) is 25.7. The molecule has 1 heterocycles. The third kappa shape index (κ3) is 3.14. The lowest BCUT2D eigenvalue weighted by molar-refractivity contribution is -0.136. The smallest absolute Gasteiger partial charge is 0.418 e. The molecule has 0 spiro atoms. The summed E-state index contributed by atoms with van der Waals surface area (Å²) in [5.74, 6) is -1.03. The first-order valence-corrected chi connectivity index (χ1v) is 7.88. The molecular formula is C17H17Cl2NO4. The minimum absolute atomic E-state index is 0.303. The van der Waals surface area contributed by atoms with E-state index in [1.165, 1.54) is 19.1 Å². The van der Waals surface area contributed by atoms with Gasteiger partial charge >= 0.3 is 12.1 Å². The van der Waals surface area contributed by atoms with Crippen LogP contribution >= 0.6 is 23.2 Å². The van der Waals surface area contributed by atoms with Gasteiger partial charge in [-0.05, 0) is 25.5 Å². The SMILES string of the molecule is COC(=O)C1=C(C)N(C(=O)OC)C(C)=CC1c1cccc(Cl)c1Cl. The van der Waals surface area contributed by atoms with Crippen LogP contribution in [-0.2, 0) is 14.3 Å². The monoisotopic (exact) mass is 369 g/mol. The third-order valence-electron chi connectivity index (χ3n) is 3.88. The van der Waals surface area contributed by atoms with E-state index in [1.807, 2.05) is 0 Å². The fraction of sp³-hybridized carbons (Fsp3) is 0.294. The molecule has 0 radical (unpaired) electrons. The third-order valence-corrected chi connectivity index (χ3v) is 4.71. The van der Waals surface area contributed by atoms with Gasteiger partial charge in [-0.3, -0.25) is 4.90 Å². The Morgan fingerprint density at radius 2 is 1.79 bits per heavy atom. The normalized spacial score (nSPS) is 17.5. The number of nitrogens with zero attached hydrogens (tertiary/aromatic N) is 1. The molecule has 1 aromatic rings. The van der Waals surface area contributed by atoms with E-state index in [0.717, 1.165) is 0 Å². The topological polar surface area (TPSA) is 55.8 Å². The number of rotatable bonds is 2. The van der Waals surface area contributed by atoms with E-state index < -0.39 is 18.0 Å². The van der Waals surface area contributed by atoms with Crippen LogP contribution in [0.25, 0.3) is 0 Å². The van der Waals surface area contributed by atoms with Crippen molar-refractivity contribution in [2.45, 2.75) is 19.8 Å². The van der Waals surface area contributed by atoms with Crippen molar-refractivity contribution in [3.63, 3.8) is 0 Å². The fourth-order valence-electron chi connectivity index (χ4n) is 2.77. The van der Waals surface area contributed by atoms with Crippen LogP contribution in [-0.4, -0.2) is 31.2 Å². The number of ether oxygens (including phenoxy) is 2. The molecule has 1 aliphatic heterocycles. The van der Waals surface area contributed by atoms with E-state index in [0.29, 0.717) is 32.6 Å². The van der Waals surface area contributed by atoms with Crippen molar-refractivity contribution in [3.8, 4) is 0 Å². The van der Waals surface area contributed by atoms with E-state index in [-0.39, 0.29) is 0 Å². The summed E-state index contributed by atoms with van der Waals surface area (Å²) in [6.45, 7) is 3.41. The van der Waals surface area contributed by atoms with Crippen LogP contribution in [0.5, 0.6) is 0 Å². The van der Waals surface area contributed by atoms with Gasteiger partial charge in [0.2, 0.25) is 0 Å². The van der Waals surface area contributed by atoms with Crippen LogP contribution in [0, 0.1) is 0 Å². The molecule has 0 saturated carbocycles. The predicted octanol–water partition coefficient (Wildman–Crippen LogP) is 4.51. The van der Waals surface area contributed by atoms with Crippen molar-refractivity contribution in [2.75, 3.05) is 14.2 Å². The van der Waals surface area contributed by atoms with Gasteiger partial charge in [-0.15, -0.1) is 0 Å². The summed E-state index contributed by atoms with van der Waals surface area (Å²) in [5, 5.41) is 0.742. The summed E-state index contributed by atoms with van der Waals surface area (Å²) < 4.78 is 9.69. The Morgan fingerprint density at radius 1 is 1.12 bits per heavy atom. The Kier molecular flexibility index (Phi) is 5.57. The van der Waals surface area contributed by atoms with Gasteiger partial charge < -0.3 is 9.47 Å². The second kappa shape index (κ2) is 7.28. The average Bonchev–Trinajstić information content (AvgIpc) is 2.56. The second-order valence-electron chi connectivity index (χ2n) is 5.22. The van der Waals surface area contributed by atoms with Crippen LogP contribution in [0.2, 0.25) is 10.0 Å². The molecule has 5 nitrogen and oxygen atoms in total. The molecule has 7 heteroatoms. The van der Waals surface area contributed by atoms with Crippen molar-refractivity contribution in [2.24, 2.45) is 0 Å². The van der Waals surface area contributed by atoms with E-state index >= 15 is 0 Å². The van der Waals surface area contributed by atoms with Crippen molar-refractivity contribution >= 4 is 35.3 Å². The number of hydrogen-bond donors (Lipinski definition) is 0. The van der Waals surface area contributed by atoms with E-state index in [1.54, 1.807) is 38.1 Å². The zero-order valence-corrected chi connectivity index (χ0v) is 15.2. The highest BCUT2D eigenvalue weighted by Crippen LogP contribution is 2.41. The van der Waals surface area contributed by atoms with Crippen molar-refractivity contribution in [1.82, 2.24) is 4.90 Å². The standard InChI is InChI=1S/C17H17Cl2NO4/c1-9-8-12(11-6-5-7-13(18)15(11)19)14(16(21)23-3)10(2)20(9)17(22)24-4/h5-8,12H,1-4H3. The minimum atomic E-state index is -0.585. The molecule has 128 valence electrons.